The fraction of sp³-hybridized carbons (Fsp3) is 0.0395. The van der Waals surface area contributed by atoms with E-state index < -0.39 is 5.41 Å². The lowest BCUT2D eigenvalue weighted by Gasteiger charge is -2.42. The van der Waals surface area contributed by atoms with E-state index in [2.05, 4.69) is 231 Å². The zero-order valence-corrected chi connectivity index (χ0v) is 43.9. The average molecular weight is 1030 g/mol. The Labute approximate surface area is 469 Å². The summed E-state index contributed by atoms with van der Waals surface area (Å²) >= 11 is 0. The summed E-state index contributed by atoms with van der Waals surface area (Å²) in [5, 5.41) is 0. The van der Waals surface area contributed by atoms with E-state index in [1.54, 1.807) is 0 Å². The van der Waals surface area contributed by atoms with Gasteiger partial charge in [-0.1, -0.05) is 249 Å². The zero-order valence-electron chi connectivity index (χ0n) is 43.9. The van der Waals surface area contributed by atoms with E-state index in [4.69, 9.17) is 24.9 Å². The van der Waals surface area contributed by atoms with Gasteiger partial charge in [0.05, 0.1) is 16.8 Å². The molecule has 2 atom stereocenters. The highest BCUT2D eigenvalue weighted by molar-refractivity contribution is 5.97. The van der Waals surface area contributed by atoms with Crippen LogP contribution in [-0.2, 0) is 5.41 Å². The Balaban J connectivity index is 0.787. The zero-order chi connectivity index (χ0) is 53.2. The molecule has 2 aromatic heterocycles. The second kappa shape index (κ2) is 17.8. The largest absolute Gasteiger partial charge is 0.228 e. The number of hydrogen-bond acceptors (Lipinski definition) is 5. The summed E-state index contributed by atoms with van der Waals surface area (Å²) < 4.78 is 0. The molecule has 0 fully saturated rings. The predicted octanol–water partition coefficient (Wildman–Crippen LogP) is 17.7. The minimum Gasteiger partial charge on any atom is -0.228 e. The number of benzene rings is 11. The molecule has 5 aliphatic carbocycles. The first-order chi connectivity index (χ1) is 40.2. The van der Waals surface area contributed by atoms with Crippen molar-refractivity contribution in [1.82, 2.24) is 24.9 Å². The van der Waals surface area contributed by atoms with Crippen molar-refractivity contribution in [1.29, 1.82) is 0 Å². The second-order valence-corrected chi connectivity index (χ2v) is 21.7. The Morgan fingerprint density at radius 2 is 0.580 bits per heavy atom. The molecule has 0 saturated heterocycles. The summed E-state index contributed by atoms with van der Waals surface area (Å²) in [6.45, 7) is 0. The molecule has 0 radical (unpaired) electrons. The van der Waals surface area contributed by atoms with Crippen LogP contribution in [0.15, 0.2) is 273 Å². The molecule has 376 valence electrons. The lowest BCUT2D eigenvalue weighted by Crippen LogP contribution is -2.27. The molecule has 2 heterocycles. The third-order valence-corrected chi connectivity index (χ3v) is 17.6. The molecule has 1 spiro atoms. The van der Waals surface area contributed by atoms with Gasteiger partial charge in [-0.15, -0.1) is 0 Å². The van der Waals surface area contributed by atoms with Crippen LogP contribution in [0.4, 0.5) is 0 Å². The summed E-state index contributed by atoms with van der Waals surface area (Å²) in [6, 6.07) is 98.8. The molecule has 5 aliphatic rings. The van der Waals surface area contributed by atoms with E-state index in [1.165, 1.54) is 77.9 Å². The minimum absolute atomic E-state index is 0.0224. The van der Waals surface area contributed by atoms with E-state index >= 15 is 0 Å². The molecular formula is C76H47N5. The molecule has 81 heavy (non-hydrogen) atoms. The fourth-order valence-corrected chi connectivity index (χ4v) is 14.1. The van der Waals surface area contributed by atoms with Crippen molar-refractivity contribution in [3.05, 3.63) is 329 Å². The van der Waals surface area contributed by atoms with Crippen molar-refractivity contribution in [2.75, 3.05) is 0 Å². The van der Waals surface area contributed by atoms with Gasteiger partial charge < -0.3 is 0 Å². The van der Waals surface area contributed by atoms with Gasteiger partial charge in [-0.2, -0.15) is 0 Å². The highest BCUT2D eigenvalue weighted by Gasteiger charge is 2.51. The monoisotopic (exact) mass is 1030 g/mol. The highest BCUT2D eigenvalue weighted by atomic mass is 15.0. The smallest absolute Gasteiger partial charge is 0.164 e. The van der Waals surface area contributed by atoms with Crippen LogP contribution in [0, 0.1) is 0 Å². The third kappa shape index (κ3) is 6.82. The average Bonchev–Trinajstić information content (AvgIpc) is 4.14. The summed E-state index contributed by atoms with van der Waals surface area (Å²) in [5.74, 6) is 2.69. The van der Waals surface area contributed by atoms with E-state index in [0.29, 0.717) is 23.3 Å². The Morgan fingerprint density at radius 3 is 1.12 bits per heavy atom. The molecule has 0 N–H and O–H groups in total. The maximum Gasteiger partial charge on any atom is 0.164 e. The van der Waals surface area contributed by atoms with Gasteiger partial charge in [0, 0.05) is 45.2 Å². The summed E-state index contributed by atoms with van der Waals surface area (Å²) in [7, 11) is 0. The summed E-state index contributed by atoms with van der Waals surface area (Å²) in [5.41, 5.74) is 27.9. The fourth-order valence-electron chi connectivity index (χ4n) is 14.1. The number of fused-ring (bicyclic) bond motifs is 10. The molecule has 11 aromatic carbocycles. The van der Waals surface area contributed by atoms with Gasteiger partial charge in [0.25, 0.3) is 0 Å². The van der Waals surface area contributed by atoms with E-state index in [1.807, 2.05) is 42.5 Å². The number of hydrogen-bond donors (Lipinski definition) is 0. The Kier molecular flexibility index (Phi) is 9.98. The van der Waals surface area contributed by atoms with Gasteiger partial charge >= 0.3 is 0 Å². The first-order valence-electron chi connectivity index (χ1n) is 27.9. The molecule has 18 rings (SSSR count). The molecule has 5 nitrogen and oxygen atoms in total. The Morgan fingerprint density at radius 1 is 0.210 bits per heavy atom. The van der Waals surface area contributed by atoms with Crippen molar-refractivity contribution < 1.29 is 0 Å². The van der Waals surface area contributed by atoms with Crippen LogP contribution >= 0.6 is 0 Å². The molecule has 2 bridgehead atoms. The first-order valence-corrected chi connectivity index (χ1v) is 27.9. The van der Waals surface area contributed by atoms with Crippen LogP contribution in [0.5, 0.6) is 0 Å². The molecule has 0 saturated carbocycles. The van der Waals surface area contributed by atoms with Crippen LogP contribution < -0.4 is 0 Å². The summed E-state index contributed by atoms with van der Waals surface area (Å²) in [4.78, 5) is 26.1. The number of rotatable bonds is 7. The molecular weight excluding hydrogens is 983 g/mol. The van der Waals surface area contributed by atoms with Gasteiger partial charge in [0.1, 0.15) is 0 Å². The maximum atomic E-state index is 5.44. The van der Waals surface area contributed by atoms with Crippen molar-refractivity contribution in [3.8, 4) is 101 Å². The second-order valence-electron chi connectivity index (χ2n) is 21.7. The van der Waals surface area contributed by atoms with E-state index in [9.17, 15) is 0 Å². The number of aromatic nitrogens is 5. The first kappa shape index (κ1) is 45.5. The third-order valence-electron chi connectivity index (χ3n) is 17.6. The van der Waals surface area contributed by atoms with Gasteiger partial charge in [-0.3, -0.25) is 0 Å². The molecule has 0 amide bonds. The summed E-state index contributed by atoms with van der Waals surface area (Å²) in [6.07, 6.45) is 0. The van der Waals surface area contributed by atoms with E-state index in [0.717, 1.165) is 55.9 Å². The van der Waals surface area contributed by atoms with Crippen LogP contribution in [0.3, 0.4) is 0 Å². The van der Waals surface area contributed by atoms with E-state index in [-0.39, 0.29) is 11.8 Å². The van der Waals surface area contributed by atoms with Gasteiger partial charge in [0.2, 0.25) is 0 Å². The van der Waals surface area contributed by atoms with Crippen LogP contribution in [-0.4, -0.2) is 24.9 Å². The molecule has 5 heteroatoms. The maximum absolute atomic E-state index is 5.44. The molecule has 2 unspecified atom stereocenters. The quantitative estimate of drug-likeness (QED) is 0.159. The van der Waals surface area contributed by atoms with Crippen molar-refractivity contribution >= 4 is 0 Å². The van der Waals surface area contributed by atoms with Crippen molar-refractivity contribution in [2.24, 2.45) is 0 Å². The SMILES string of the molecule is c1ccc(-c2nc(-c3ccc4c(c3)C3c5ccccc5C4c4cc(-c5nc(-c6ccccc6)nc(-c6ccccc6)n5)ccc43)cc(-c3ccccc3-c3ccc4c(c3)-c3ccccc3C43c4ccccc4-c4ccccc43)n2)cc1. The van der Waals surface area contributed by atoms with Crippen LogP contribution in [0.25, 0.3) is 101 Å². The lowest BCUT2D eigenvalue weighted by molar-refractivity contribution is 0.754. The van der Waals surface area contributed by atoms with Gasteiger partial charge in [-0.25, -0.2) is 24.9 Å². The van der Waals surface area contributed by atoms with Gasteiger partial charge in [-0.05, 0) is 113 Å². The topological polar surface area (TPSA) is 64.5 Å². The van der Waals surface area contributed by atoms with Crippen LogP contribution in [0.2, 0.25) is 0 Å². The van der Waals surface area contributed by atoms with Crippen molar-refractivity contribution in [2.45, 2.75) is 17.3 Å². The highest BCUT2D eigenvalue weighted by Crippen LogP contribution is 2.63. The standard InChI is InChI=1S/C76H47N5/c1-4-20-46(21-5-1)72-77-68(45-69(78-72)56-30-11-10-26-52(56)49-38-41-67-61(42-49)55-29-16-19-35-66(55)76(67)64-33-17-14-27-53(64)54-28-15-18-34-65(54)76)50-36-39-59-62(43-50)70-57-31-12-13-32-58(57)71(59)63-44-51(37-40-60(63)70)75-80-73(47-22-6-2-7-23-47)79-74(81-75)48-24-8-3-9-25-48/h1-45,70-71H. The minimum atomic E-state index is -0.403. The predicted molar refractivity (Wildman–Crippen MR) is 325 cm³/mol. The van der Waals surface area contributed by atoms with Crippen molar-refractivity contribution in [3.63, 3.8) is 0 Å². The van der Waals surface area contributed by atoms with Crippen LogP contribution in [0.1, 0.15) is 67.5 Å². The molecule has 13 aromatic rings. The Hall–Kier alpha value is -10.5. The lowest BCUT2D eigenvalue weighted by atomic mass is 9.60. The normalized spacial score (nSPS) is 15.0. The van der Waals surface area contributed by atoms with Gasteiger partial charge in [0.15, 0.2) is 23.3 Å². The number of nitrogens with zero attached hydrogens (tertiary/aromatic N) is 5. The Bertz CT molecular complexity index is 4620. The molecule has 0 aliphatic heterocycles.